The molecule has 1 N–H and O–H groups in total. The van der Waals surface area contributed by atoms with Gasteiger partial charge < -0.3 is 10.2 Å². The SMILES string of the molecule is Cc1ccsc1C(F)(F)CCN1CCNCC1. The molecule has 2 heterocycles. The Morgan fingerprint density at radius 1 is 1.41 bits per heavy atom. The van der Waals surface area contributed by atoms with E-state index < -0.39 is 5.92 Å². The van der Waals surface area contributed by atoms with Crippen LogP contribution < -0.4 is 5.32 Å². The summed E-state index contributed by atoms with van der Waals surface area (Å²) in [6, 6.07) is 1.76. The van der Waals surface area contributed by atoms with Crippen LogP contribution in [0.3, 0.4) is 0 Å². The number of nitrogens with one attached hydrogen (secondary N) is 1. The third kappa shape index (κ3) is 3.24. The van der Waals surface area contributed by atoms with Crippen LogP contribution in [0, 0.1) is 6.92 Å². The van der Waals surface area contributed by atoms with Crippen LogP contribution in [0.15, 0.2) is 11.4 Å². The Bertz CT molecular complexity index is 359. The van der Waals surface area contributed by atoms with E-state index in [4.69, 9.17) is 0 Å². The molecule has 0 aliphatic carbocycles. The van der Waals surface area contributed by atoms with Gasteiger partial charge in [-0.1, -0.05) is 0 Å². The second-order valence-corrected chi connectivity index (χ2v) is 5.39. The number of piperazine rings is 1. The molecule has 17 heavy (non-hydrogen) atoms. The van der Waals surface area contributed by atoms with Crippen molar-refractivity contribution in [3.8, 4) is 0 Å². The summed E-state index contributed by atoms with van der Waals surface area (Å²) in [5, 5.41) is 4.96. The molecule has 1 aromatic rings. The van der Waals surface area contributed by atoms with Crippen LogP contribution in [0.2, 0.25) is 0 Å². The van der Waals surface area contributed by atoms with Gasteiger partial charge in [-0.3, -0.25) is 0 Å². The lowest BCUT2D eigenvalue weighted by Gasteiger charge is -2.28. The van der Waals surface area contributed by atoms with E-state index in [-0.39, 0.29) is 11.3 Å². The van der Waals surface area contributed by atoms with Gasteiger partial charge in [-0.25, -0.2) is 8.78 Å². The summed E-state index contributed by atoms with van der Waals surface area (Å²) in [5.74, 6) is -2.68. The normalized spacial score (nSPS) is 18.5. The van der Waals surface area contributed by atoms with Gasteiger partial charge in [0.2, 0.25) is 0 Å². The molecule has 2 rings (SSSR count). The Hall–Kier alpha value is -0.520. The van der Waals surface area contributed by atoms with E-state index >= 15 is 0 Å². The van der Waals surface area contributed by atoms with E-state index in [1.807, 2.05) is 0 Å². The summed E-state index contributed by atoms with van der Waals surface area (Å²) in [6.07, 6.45) is -0.0750. The number of thiophene rings is 1. The summed E-state index contributed by atoms with van der Waals surface area (Å²) >= 11 is 1.16. The van der Waals surface area contributed by atoms with Crippen molar-refractivity contribution in [1.29, 1.82) is 0 Å². The minimum absolute atomic E-state index is 0.0750. The largest absolute Gasteiger partial charge is 0.314 e. The number of halogens is 2. The van der Waals surface area contributed by atoms with Crippen molar-refractivity contribution >= 4 is 11.3 Å². The average Bonchev–Trinajstić information content (AvgIpc) is 2.75. The van der Waals surface area contributed by atoms with Gasteiger partial charge in [0.25, 0.3) is 5.92 Å². The lowest BCUT2D eigenvalue weighted by molar-refractivity contribution is -0.0195. The molecule has 1 aliphatic heterocycles. The topological polar surface area (TPSA) is 15.3 Å². The van der Waals surface area contributed by atoms with E-state index in [2.05, 4.69) is 10.2 Å². The molecule has 2 nitrogen and oxygen atoms in total. The van der Waals surface area contributed by atoms with Crippen LogP contribution in [-0.4, -0.2) is 37.6 Å². The predicted molar refractivity (Wildman–Crippen MR) is 66.9 cm³/mol. The maximum absolute atomic E-state index is 14.0. The number of rotatable bonds is 4. The van der Waals surface area contributed by atoms with Gasteiger partial charge in [-0.15, -0.1) is 11.3 Å². The Morgan fingerprint density at radius 3 is 2.71 bits per heavy atom. The molecule has 0 radical (unpaired) electrons. The minimum Gasteiger partial charge on any atom is -0.314 e. The molecule has 0 spiro atoms. The average molecular weight is 260 g/mol. The van der Waals surface area contributed by atoms with Crippen molar-refractivity contribution in [2.24, 2.45) is 0 Å². The minimum atomic E-state index is -2.68. The van der Waals surface area contributed by atoms with Crippen molar-refractivity contribution in [1.82, 2.24) is 10.2 Å². The van der Waals surface area contributed by atoms with Crippen molar-refractivity contribution in [2.75, 3.05) is 32.7 Å². The van der Waals surface area contributed by atoms with Gasteiger partial charge in [-0.05, 0) is 23.9 Å². The van der Waals surface area contributed by atoms with E-state index in [9.17, 15) is 8.78 Å². The number of aryl methyl sites for hydroxylation is 1. The summed E-state index contributed by atoms with van der Waals surface area (Å²) in [4.78, 5) is 2.33. The molecule has 1 aromatic heterocycles. The molecule has 0 amide bonds. The smallest absolute Gasteiger partial charge is 0.283 e. The number of alkyl halides is 2. The highest BCUT2D eigenvalue weighted by Crippen LogP contribution is 2.37. The third-order valence-corrected chi connectivity index (χ3v) is 4.27. The number of nitrogens with zero attached hydrogens (tertiary/aromatic N) is 1. The Balaban J connectivity index is 1.91. The lowest BCUT2D eigenvalue weighted by atomic mass is 10.1. The second kappa shape index (κ2) is 5.42. The van der Waals surface area contributed by atoms with Crippen LogP contribution in [0.5, 0.6) is 0 Å². The van der Waals surface area contributed by atoms with Crippen molar-refractivity contribution in [2.45, 2.75) is 19.3 Å². The first-order valence-corrected chi connectivity index (χ1v) is 6.83. The van der Waals surface area contributed by atoms with Gasteiger partial charge in [0.1, 0.15) is 0 Å². The molecule has 1 aliphatic rings. The maximum atomic E-state index is 14.0. The molecule has 0 aromatic carbocycles. The van der Waals surface area contributed by atoms with Crippen molar-refractivity contribution < 1.29 is 8.78 Å². The van der Waals surface area contributed by atoms with Crippen LogP contribution in [0.25, 0.3) is 0 Å². The fraction of sp³-hybridized carbons (Fsp3) is 0.667. The maximum Gasteiger partial charge on any atom is 0.283 e. The number of hydrogen-bond acceptors (Lipinski definition) is 3. The second-order valence-electron chi connectivity index (χ2n) is 4.48. The van der Waals surface area contributed by atoms with Crippen LogP contribution in [-0.2, 0) is 5.92 Å². The van der Waals surface area contributed by atoms with Crippen molar-refractivity contribution in [3.05, 3.63) is 21.9 Å². The highest BCUT2D eigenvalue weighted by atomic mass is 32.1. The zero-order valence-electron chi connectivity index (χ0n) is 10.0. The lowest BCUT2D eigenvalue weighted by Crippen LogP contribution is -2.44. The molecule has 5 heteroatoms. The van der Waals surface area contributed by atoms with E-state index in [1.54, 1.807) is 18.4 Å². The zero-order chi connectivity index (χ0) is 12.3. The summed E-state index contributed by atoms with van der Waals surface area (Å²) in [5.41, 5.74) is 0.709. The van der Waals surface area contributed by atoms with Crippen LogP contribution >= 0.6 is 11.3 Å². The zero-order valence-corrected chi connectivity index (χ0v) is 10.8. The summed E-state index contributed by atoms with van der Waals surface area (Å²) in [6.45, 7) is 5.79. The Kier molecular flexibility index (Phi) is 4.12. The molecule has 96 valence electrons. The highest BCUT2D eigenvalue weighted by Gasteiger charge is 2.34. The van der Waals surface area contributed by atoms with E-state index in [1.165, 1.54) is 0 Å². The third-order valence-electron chi connectivity index (χ3n) is 3.15. The first-order chi connectivity index (χ1) is 8.09. The Labute approximate surface area is 105 Å². The van der Waals surface area contributed by atoms with Crippen LogP contribution in [0.1, 0.15) is 16.9 Å². The van der Waals surface area contributed by atoms with Gasteiger partial charge in [0, 0.05) is 39.1 Å². The fourth-order valence-corrected chi connectivity index (χ4v) is 3.03. The molecular weight excluding hydrogens is 242 g/mol. The molecule has 0 saturated carbocycles. The van der Waals surface area contributed by atoms with Gasteiger partial charge in [-0.2, -0.15) is 0 Å². The highest BCUT2D eigenvalue weighted by molar-refractivity contribution is 7.10. The first-order valence-electron chi connectivity index (χ1n) is 5.95. The quantitative estimate of drug-likeness (QED) is 0.894. The summed E-state index contributed by atoms with van der Waals surface area (Å²) in [7, 11) is 0. The fourth-order valence-electron chi connectivity index (χ4n) is 2.09. The van der Waals surface area contributed by atoms with Crippen LogP contribution in [0.4, 0.5) is 8.78 Å². The Morgan fingerprint density at radius 2 is 2.12 bits per heavy atom. The monoisotopic (exact) mass is 260 g/mol. The van der Waals surface area contributed by atoms with Gasteiger partial charge in [0.05, 0.1) is 4.88 Å². The standard InChI is InChI=1S/C12H18F2N2S/c1-10-2-9-17-11(10)12(13,14)3-6-16-7-4-15-5-8-16/h2,9,15H,3-8H2,1H3. The molecule has 1 saturated heterocycles. The van der Waals surface area contributed by atoms with E-state index in [0.29, 0.717) is 12.1 Å². The molecular formula is C12H18F2N2S. The van der Waals surface area contributed by atoms with Gasteiger partial charge >= 0.3 is 0 Å². The molecule has 0 bridgehead atoms. The summed E-state index contributed by atoms with van der Waals surface area (Å²) < 4.78 is 27.9. The molecule has 1 fully saturated rings. The molecule has 0 unspecified atom stereocenters. The van der Waals surface area contributed by atoms with Gasteiger partial charge in [0.15, 0.2) is 0 Å². The molecule has 0 atom stereocenters. The first kappa shape index (κ1) is 12.9. The van der Waals surface area contributed by atoms with Crippen molar-refractivity contribution in [3.63, 3.8) is 0 Å². The predicted octanol–water partition coefficient (Wildman–Crippen LogP) is 2.44. The number of hydrogen-bond donors (Lipinski definition) is 1. The van der Waals surface area contributed by atoms with E-state index in [0.717, 1.165) is 37.5 Å².